The van der Waals surface area contributed by atoms with Crippen LogP contribution in [0.25, 0.3) is 0 Å². The Morgan fingerprint density at radius 1 is 1.20 bits per heavy atom. The molecule has 20 heavy (non-hydrogen) atoms. The maximum Gasteiger partial charge on any atom is 0.405 e. The summed E-state index contributed by atoms with van der Waals surface area (Å²) in [6.07, 6.45) is 6.42. The third-order valence-corrected chi connectivity index (χ3v) is 5.00. The molecule has 0 radical (unpaired) electrons. The third-order valence-electron chi connectivity index (χ3n) is 4.02. The Hall–Kier alpha value is -0.780. The average molecular weight is 305 g/mol. The van der Waals surface area contributed by atoms with E-state index in [1.54, 1.807) is 0 Å². The second-order valence-electron chi connectivity index (χ2n) is 6.69. The largest absolute Gasteiger partial charge is 0.444 e. The van der Waals surface area contributed by atoms with Gasteiger partial charge in [0.1, 0.15) is 15.4 Å². The number of rotatable bonds is 6. The van der Waals surface area contributed by atoms with Gasteiger partial charge in [0, 0.05) is 6.26 Å². The van der Waals surface area contributed by atoms with Crippen LogP contribution in [-0.2, 0) is 14.6 Å². The fraction of sp³-hybridized carbons (Fsp3) is 0.929. The summed E-state index contributed by atoms with van der Waals surface area (Å²) in [5, 5.41) is 0. The zero-order valence-electron chi connectivity index (χ0n) is 12.7. The lowest BCUT2D eigenvalue weighted by molar-refractivity contribution is 0.0197. The predicted octanol–water partition coefficient (Wildman–Crippen LogP) is 2.49. The van der Waals surface area contributed by atoms with Crippen LogP contribution in [0.3, 0.4) is 0 Å². The number of primary amides is 1. The smallest absolute Gasteiger partial charge is 0.405 e. The van der Waals surface area contributed by atoms with E-state index in [9.17, 15) is 13.2 Å². The monoisotopic (exact) mass is 305 g/mol. The van der Waals surface area contributed by atoms with Crippen LogP contribution < -0.4 is 5.73 Å². The van der Waals surface area contributed by atoms with E-state index in [-0.39, 0.29) is 0 Å². The highest BCUT2D eigenvalue weighted by atomic mass is 32.2. The van der Waals surface area contributed by atoms with Gasteiger partial charge in [0.05, 0.1) is 5.75 Å². The Morgan fingerprint density at radius 3 is 2.15 bits per heavy atom. The molecule has 0 aromatic carbocycles. The molecule has 0 aromatic rings. The van der Waals surface area contributed by atoms with Crippen molar-refractivity contribution >= 4 is 15.9 Å². The first-order valence-electron chi connectivity index (χ1n) is 7.23. The molecule has 0 aliphatic heterocycles. The quantitative estimate of drug-likeness (QED) is 0.816. The summed E-state index contributed by atoms with van der Waals surface area (Å²) in [6, 6.07) is 0. The van der Waals surface area contributed by atoms with Crippen molar-refractivity contribution in [2.24, 2.45) is 17.6 Å². The summed E-state index contributed by atoms with van der Waals surface area (Å²) >= 11 is 0. The fourth-order valence-electron chi connectivity index (χ4n) is 3.11. The van der Waals surface area contributed by atoms with E-state index in [1.807, 2.05) is 13.8 Å². The Labute approximate surface area is 122 Å². The number of nitrogens with two attached hydrogens (primary N) is 1. The number of amides is 1. The van der Waals surface area contributed by atoms with Crippen LogP contribution in [0.5, 0.6) is 0 Å². The lowest BCUT2D eigenvalue weighted by atomic mass is 9.77. The van der Waals surface area contributed by atoms with E-state index >= 15 is 0 Å². The average Bonchev–Trinajstić information content (AvgIpc) is 2.24. The first-order valence-corrected chi connectivity index (χ1v) is 9.29. The molecule has 1 rings (SSSR count). The molecule has 1 saturated carbocycles. The number of carbonyl (C=O) groups is 1. The summed E-state index contributed by atoms with van der Waals surface area (Å²) in [4.78, 5) is 10.8. The molecule has 1 amide bonds. The van der Waals surface area contributed by atoms with Crippen molar-refractivity contribution in [1.82, 2.24) is 0 Å². The summed E-state index contributed by atoms with van der Waals surface area (Å²) in [5.41, 5.74) is 4.55. The molecule has 1 fully saturated rings. The molecule has 1 aliphatic rings. The van der Waals surface area contributed by atoms with Gasteiger partial charge in [0.2, 0.25) is 0 Å². The van der Waals surface area contributed by atoms with Crippen molar-refractivity contribution < 1.29 is 17.9 Å². The lowest BCUT2D eigenvalue weighted by Crippen LogP contribution is -2.34. The minimum absolute atomic E-state index is 0.290. The Kier molecular flexibility index (Phi) is 5.86. The number of ether oxygens (including phenoxy) is 1. The third kappa shape index (κ3) is 7.12. The van der Waals surface area contributed by atoms with Gasteiger partial charge in [0.25, 0.3) is 0 Å². The fourth-order valence-corrected chi connectivity index (χ4v) is 3.88. The van der Waals surface area contributed by atoms with Crippen molar-refractivity contribution in [3.05, 3.63) is 0 Å². The van der Waals surface area contributed by atoms with Crippen LogP contribution in [0, 0.1) is 11.8 Å². The molecular weight excluding hydrogens is 278 g/mol. The van der Waals surface area contributed by atoms with Gasteiger partial charge in [-0.1, -0.05) is 25.7 Å². The van der Waals surface area contributed by atoms with Crippen LogP contribution in [-0.4, -0.2) is 32.1 Å². The highest BCUT2D eigenvalue weighted by molar-refractivity contribution is 7.90. The second kappa shape index (κ2) is 6.78. The van der Waals surface area contributed by atoms with Crippen molar-refractivity contribution in [2.75, 3.05) is 12.0 Å². The van der Waals surface area contributed by atoms with Crippen LogP contribution in [0.15, 0.2) is 0 Å². The highest BCUT2D eigenvalue weighted by Gasteiger charge is 2.29. The van der Waals surface area contributed by atoms with Crippen LogP contribution in [0.1, 0.15) is 52.4 Å². The predicted molar refractivity (Wildman–Crippen MR) is 79.1 cm³/mol. The number of hydrogen-bond acceptors (Lipinski definition) is 4. The molecule has 0 bridgehead atoms. The summed E-state index contributed by atoms with van der Waals surface area (Å²) in [6.45, 7) is 3.76. The van der Waals surface area contributed by atoms with Gasteiger partial charge >= 0.3 is 6.09 Å². The first kappa shape index (κ1) is 17.3. The van der Waals surface area contributed by atoms with E-state index in [4.69, 9.17) is 10.5 Å². The maximum absolute atomic E-state index is 11.2. The molecule has 2 N–H and O–H groups in total. The molecule has 0 aromatic heterocycles. The molecule has 0 atom stereocenters. The molecule has 5 nitrogen and oxygen atoms in total. The Bertz CT molecular complexity index is 422. The molecule has 0 saturated heterocycles. The van der Waals surface area contributed by atoms with Gasteiger partial charge in [-0.15, -0.1) is 0 Å². The number of carbonyl (C=O) groups excluding carboxylic acids is 1. The summed E-state index contributed by atoms with van der Waals surface area (Å²) < 4.78 is 27.5. The minimum Gasteiger partial charge on any atom is -0.444 e. The van der Waals surface area contributed by atoms with Gasteiger partial charge in [-0.3, -0.25) is 0 Å². The number of hydrogen-bond donors (Lipinski definition) is 1. The summed E-state index contributed by atoms with van der Waals surface area (Å²) in [7, 11) is -2.85. The van der Waals surface area contributed by atoms with Gasteiger partial charge in [0.15, 0.2) is 0 Å². The normalized spacial score (nSPS) is 24.4. The summed E-state index contributed by atoms with van der Waals surface area (Å²) in [5.74, 6) is 1.33. The van der Waals surface area contributed by atoms with E-state index in [1.165, 1.54) is 6.26 Å². The topological polar surface area (TPSA) is 86.5 Å². The van der Waals surface area contributed by atoms with Gasteiger partial charge in [-0.05, 0) is 38.5 Å². The standard InChI is InChI=1S/C14H27NO4S/c1-14(2,19-13(15)16)10-12-6-4-11(5-7-12)8-9-20(3,17)18/h11-12H,4-10H2,1-3H3,(H2,15,16). The van der Waals surface area contributed by atoms with Gasteiger partial charge in [-0.25, -0.2) is 13.2 Å². The molecular formula is C14H27NO4S. The van der Waals surface area contributed by atoms with Crippen LogP contribution >= 0.6 is 0 Å². The van der Waals surface area contributed by atoms with Gasteiger partial charge in [-0.2, -0.15) is 0 Å². The first-order chi connectivity index (χ1) is 9.07. The van der Waals surface area contributed by atoms with Crippen molar-refractivity contribution in [3.63, 3.8) is 0 Å². The van der Waals surface area contributed by atoms with Crippen molar-refractivity contribution in [3.8, 4) is 0 Å². The van der Waals surface area contributed by atoms with Crippen molar-refractivity contribution in [2.45, 2.75) is 58.0 Å². The molecule has 0 spiro atoms. The number of sulfone groups is 1. The molecule has 0 unspecified atom stereocenters. The van der Waals surface area contributed by atoms with Crippen LogP contribution in [0.4, 0.5) is 4.79 Å². The van der Waals surface area contributed by atoms with E-state index < -0.39 is 21.5 Å². The minimum atomic E-state index is -2.85. The zero-order chi connectivity index (χ0) is 15.4. The SMILES string of the molecule is CC(C)(CC1CCC(CCS(C)(=O)=O)CC1)OC(N)=O. The molecule has 118 valence electrons. The molecule has 0 heterocycles. The molecule has 1 aliphatic carbocycles. The Balaban J connectivity index is 2.33. The van der Waals surface area contributed by atoms with E-state index in [2.05, 4.69) is 0 Å². The van der Waals surface area contributed by atoms with Gasteiger partial charge < -0.3 is 10.5 Å². The van der Waals surface area contributed by atoms with Crippen molar-refractivity contribution in [1.29, 1.82) is 0 Å². The molecule has 6 heteroatoms. The highest BCUT2D eigenvalue weighted by Crippen LogP contribution is 2.36. The van der Waals surface area contributed by atoms with E-state index in [0.29, 0.717) is 17.6 Å². The maximum atomic E-state index is 11.2. The lowest BCUT2D eigenvalue weighted by Gasteiger charge is -2.33. The van der Waals surface area contributed by atoms with Crippen LogP contribution in [0.2, 0.25) is 0 Å². The Morgan fingerprint density at radius 2 is 1.70 bits per heavy atom. The second-order valence-corrected chi connectivity index (χ2v) is 8.95. The zero-order valence-corrected chi connectivity index (χ0v) is 13.5. The van der Waals surface area contributed by atoms with E-state index in [0.717, 1.165) is 38.5 Å².